The summed E-state index contributed by atoms with van der Waals surface area (Å²) in [7, 11) is 0. The van der Waals surface area contributed by atoms with Crippen molar-refractivity contribution in [2.45, 2.75) is 50.3 Å². The van der Waals surface area contributed by atoms with E-state index in [1.807, 2.05) is 11.8 Å². The summed E-state index contributed by atoms with van der Waals surface area (Å²) in [6.45, 7) is 5.17. The van der Waals surface area contributed by atoms with Gasteiger partial charge in [0, 0.05) is 30.0 Å². The molecule has 0 radical (unpaired) electrons. The predicted molar refractivity (Wildman–Crippen MR) is 74.4 cm³/mol. The summed E-state index contributed by atoms with van der Waals surface area (Å²) in [5.41, 5.74) is 7.15. The number of nitrogens with two attached hydrogens (primary N) is 1. The minimum atomic E-state index is 0.259. The van der Waals surface area contributed by atoms with Crippen molar-refractivity contribution in [2.24, 2.45) is 5.73 Å². The van der Waals surface area contributed by atoms with E-state index in [4.69, 9.17) is 5.73 Å². The van der Waals surface area contributed by atoms with Crippen LogP contribution in [0.2, 0.25) is 0 Å². The summed E-state index contributed by atoms with van der Waals surface area (Å²) in [4.78, 5) is 0. The van der Waals surface area contributed by atoms with Crippen LogP contribution in [-0.2, 0) is 6.42 Å². The summed E-state index contributed by atoms with van der Waals surface area (Å²) in [5, 5.41) is 4.69. The van der Waals surface area contributed by atoms with Gasteiger partial charge in [0.25, 0.3) is 0 Å². The average Bonchev–Trinajstić information content (AvgIpc) is 2.98. The molecule has 2 atom stereocenters. The SMILES string of the molecule is CCC(C)n1ccc(CC2(CN)CCCS2)n1. The van der Waals surface area contributed by atoms with Crippen molar-refractivity contribution in [3.05, 3.63) is 18.0 Å². The van der Waals surface area contributed by atoms with Crippen molar-refractivity contribution in [3.63, 3.8) is 0 Å². The van der Waals surface area contributed by atoms with Gasteiger partial charge in [-0.15, -0.1) is 0 Å². The molecule has 2 unspecified atom stereocenters. The number of nitrogens with zero attached hydrogens (tertiary/aromatic N) is 2. The highest BCUT2D eigenvalue weighted by atomic mass is 32.2. The Hall–Kier alpha value is -0.480. The van der Waals surface area contributed by atoms with Crippen LogP contribution < -0.4 is 5.73 Å². The molecular weight excluding hydrogens is 230 g/mol. The van der Waals surface area contributed by atoms with Crippen molar-refractivity contribution >= 4 is 11.8 Å². The molecule has 17 heavy (non-hydrogen) atoms. The standard InChI is InChI=1S/C13H23N3S/c1-3-11(2)16-7-5-12(15-16)9-13(10-14)6-4-8-17-13/h5,7,11H,3-4,6,8-10,14H2,1-2H3. The first kappa shape index (κ1) is 13.0. The summed E-state index contributed by atoms with van der Waals surface area (Å²) in [5.74, 6) is 1.25. The highest BCUT2D eigenvalue weighted by molar-refractivity contribution is 8.00. The predicted octanol–water partition coefficient (Wildman–Crippen LogP) is 2.62. The van der Waals surface area contributed by atoms with Gasteiger partial charge in [-0.25, -0.2) is 0 Å². The van der Waals surface area contributed by atoms with Crippen LogP contribution in [0, 0.1) is 0 Å². The minimum Gasteiger partial charge on any atom is -0.329 e. The Morgan fingerprint density at radius 2 is 2.47 bits per heavy atom. The quantitative estimate of drug-likeness (QED) is 0.877. The van der Waals surface area contributed by atoms with E-state index in [9.17, 15) is 0 Å². The second-order valence-corrected chi connectivity index (χ2v) is 6.62. The Morgan fingerprint density at radius 1 is 1.65 bits per heavy atom. The molecule has 96 valence electrons. The first-order chi connectivity index (χ1) is 8.19. The normalized spacial score (nSPS) is 26.3. The second kappa shape index (κ2) is 5.44. The Balaban J connectivity index is 2.05. The van der Waals surface area contributed by atoms with Crippen molar-refractivity contribution in [2.75, 3.05) is 12.3 Å². The van der Waals surface area contributed by atoms with Crippen molar-refractivity contribution in [3.8, 4) is 0 Å². The maximum absolute atomic E-state index is 5.95. The molecule has 1 aliphatic heterocycles. The van der Waals surface area contributed by atoms with E-state index in [1.54, 1.807) is 0 Å². The second-order valence-electron chi connectivity index (χ2n) is 5.06. The van der Waals surface area contributed by atoms with Gasteiger partial charge in [-0.2, -0.15) is 16.9 Å². The fourth-order valence-corrected chi connectivity index (χ4v) is 3.74. The fraction of sp³-hybridized carbons (Fsp3) is 0.769. The van der Waals surface area contributed by atoms with Crippen LogP contribution in [0.25, 0.3) is 0 Å². The third kappa shape index (κ3) is 2.86. The van der Waals surface area contributed by atoms with Crippen LogP contribution in [0.1, 0.15) is 44.8 Å². The molecule has 2 N–H and O–H groups in total. The topological polar surface area (TPSA) is 43.8 Å². The third-order valence-electron chi connectivity index (χ3n) is 3.77. The first-order valence-electron chi connectivity index (χ1n) is 6.57. The minimum absolute atomic E-state index is 0.259. The Labute approximate surface area is 108 Å². The van der Waals surface area contributed by atoms with Crippen LogP contribution in [-0.4, -0.2) is 26.8 Å². The zero-order valence-electron chi connectivity index (χ0n) is 10.9. The number of aromatic nitrogens is 2. The average molecular weight is 253 g/mol. The van der Waals surface area contributed by atoms with Gasteiger partial charge in [-0.05, 0) is 38.0 Å². The number of hydrogen-bond donors (Lipinski definition) is 1. The summed E-state index contributed by atoms with van der Waals surface area (Å²) in [6.07, 6.45) is 6.79. The lowest BCUT2D eigenvalue weighted by Gasteiger charge is -2.25. The van der Waals surface area contributed by atoms with Crippen molar-refractivity contribution < 1.29 is 0 Å². The molecule has 2 rings (SSSR count). The van der Waals surface area contributed by atoms with Crippen LogP contribution in [0.4, 0.5) is 0 Å². The highest BCUT2D eigenvalue weighted by Crippen LogP contribution is 2.39. The van der Waals surface area contributed by atoms with Gasteiger partial charge in [0.05, 0.1) is 5.69 Å². The lowest BCUT2D eigenvalue weighted by atomic mass is 9.97. The number of thioether (sulfide) groups is 1. The van der Waals surface area contributed by atoms with E-state index in [0.29, 0.717) is 6.04 Å². The molecule has 0 aromatic carbocycles. The first-order valence-corrected chi connectivity index (χ1v) is 7.56. The molecule has 0 bridgehead atoms. The lowest BCUT2D eigenvalue weighted by molar-refractivity contribution is 0.468. The maximum Gasteiger partial charge on any atom is 0.0639 e. The monoisotopic (exact) mass is 253 g/mol. The molecule has 3 nitrogen and oxygen atoms in total. The molecule has 2 heterocycles. The largest absolute Gasteiger partial charge is 0.329 e. The Bertz CT molecular complexity index is 355. The Kier molecular flexibility index (Phi) is 4.15. The van der Waals surface area contributed by atoms with Crippen LogP contribution in [0.5, 0.6) is 0 Å². The highest BCUT2D eigenvalue weighted by Gasteiger charge is 2.34. The van der Waals surface area contributed by atoms with Crippen LogP contribution in [0.15, 0.2) is 12.3 Å². The molecule has 0 saturated carbocycles. The maximum atomic E-state index is 5.95. The van der Waals surface area contributed by atoms with Crippen LogP contribution in [0.3, 0.4) is 0 Å². The molecular formula is C13H23N3S. The molecule has 1 aromatic rings. The van der Waals surface area contributed by atoms with E-state index >= 15 is 0 Å². The van der Waals surface area contributed by atoms with Gasteiger partial charge in [0.15, 0.2) is 0 Å². The molecule has 1 aliphatic rings. The fourth-order valence-electron chi connectivity index (χ4n) is 2.36. The summed E-state index contributed by atoms with van der Waals surface area (Å²) >= 11 is 2.03. The van der Waals surface area contributed by atoms with E-state index in [2.05, 4.69) is 35.9 Å². The Morgan fingerprint density at radius 3 is 3.06 bits per heavy atom. The van der Waals surface area contributed by atoms with Crippen molar-refractivity contribution in [1.82, 2.24) is 9.78 Å². The van der Waals surface area contributed by atoms with E-state index in [0.717, 1.165) is 19.4 Å². The number of hydrogen-bond acceptors (Lipinski definition) is 3. The molecule has 0 amide bonds. The van der Waals surface area contributed by atoms with Gasteiger partial charge in [-0.3, -0.25) is 4.68 Å². The van der Waals surface area contributed by atoms with Gasteiger partial charge >= 0.3 is 0 Å². The lowest BCUT2D eigenvalue weighted by Crippen LogP contribution is -2.34. The van der Waals surface area contributed by atoms with Gasteiger partial charge in [-0.1, -0.05) is 6.92 Å². The summed E-state index contributed by atoms with van der Waals surface area (Å²) in [6, 6.07) is 2.65. The molecule has 1 fully saturated rings. The van der Waals surface area contributed by atoms with E-state index in [-0.39, 0.29) is 4.75 Å². The van der Waals surface area contributed by atoms with Gasteiger partial charge < -0.3 is 5.73 Å². The summed E-state index contributed by atoms with van der Waals surface area (Å²) < 4.78 is 2.34. The zero-order valence-corrected chi connectivity index (χ0v) is 11.7. The molecule has 4 heteroatoms. The molecule has 1 saturated heterocycles. The van der Waals surface area contributed by atoms with Gasteiger partial charge in [0.1, 0.15) is 0 Å². The smallest absolute Gasteiger partial charge is 0.0639 e. The number of rotatable bonds is 5. The van der Waals surface area contributed by atoms with E-state index < -0.39 is 0 Å². The van der Waals surface area contributed by atoms with Crippen molar-refractivity contribution in [1.29, 1.82) is 0 Å². The van der Waals surface area contributed by atoms with Crippen LogP contribution >= 0.6 is 11.8 Å². The van der Waals surface area contributed by atoms with Gasteiger partial charge in [0.2, 0.25) is 0 Å². The van der Waals surface area contributed by atoms with E-state index in [1.165, 1.54) is 24.3 Å². The third-order valence-corrected chi connectivity index (χ3v) is 5.39. The molecule has 1 aromatic heterocycles. The molecule has 0 aliphatic carbocycles. The zero-order chi connectivity index (χ0) is 12.3. The molecule has 0 spiro atoms.